The summed E-state index contributed by atoms with van der Waals surface area (Å²) < 4.78 is 23.3. The average Bonchev–Trinajstić information content (AvgIpc) is 2.85. The minimum Gasteiger partial charge on any atom is -0.296 e. The van der Waals surface area contributed by atoms with Crippen LogP contribution < -0.4 is 5.32 Å². The lowest BCUT2D eigenvalue weighted by molar-refractivity contribution is 0.102. The second-order valence-corrected chi connectivity index (χ2v) is 8.08. The van der Waals surface area contributed by atoms with Crippen LogP contribution >= 0.6 is 22.9 Å². The topological polar surface area (TPSA) is 89.0 Å². The van der Waals surface area contributed by atoms with Gasteiger partial charge in [0.05, 0.1) is 9.92 Å². The van der Waals surface area contributed by atoms with Gasteiger partial charge in [-0.15, -0.1) is 10.2 Å². The first kappa shape index (κ1) is 16.9. The van der Waals surface area contributed by atoms with Gasteiger partial charge < -0.3 is 0 Å². The zero-order valence-corrected chi connectivity index (χ0v) is 14.3. The summed E-state index contributed by atoms with van der Waals surface area (Å²) in [5.41, 5.74) is 0.192. The summed E-state index contributed by atoms with van der Waals surface area (Å²) in [5, 5.41) is 11.7. The van der Waals surface area contributed by atoms with E-state index in [1.807, 2.05) is 6.92 Å². The van der Waals surface area contributed by atoms with Gasteiger partial charge in [0, 0.05) is 18.2 Å². The van der Waals surface area contributed by atoms with E-state index >= 15 is 0 Å². The Labute approximate surface area is 137 Å². The van der Waals surface area contributed by atoms with Gasteiger partial charge in [0.2, 0.25) is 5.13 Å². The van der Waals surface area contributed by atoms with Gasteiger partial charge in [-0.3, -0.25) is 10.1 Å². The van der Waals surface area contributed by atoms with Crippen molar-refractivity contribution in [2.45, 2.75) is 24.7 Å². The van der Waals surface area contributed by atoms with E-state index in [0.29, 0.717) is 5.13 Å². The molecule has 2 rings (SSSR count). The van der Waals surface area contributed by atoms with Crippen molar-refractivity contribution in [2.24, 2.45) is 0 Å². The monoisotopic (exact) mass is 359 g/mol. The van der Waals surface area contributed by atoms with Gasteiger partial charge in [-0.1, -0.05) is 29.9 Å². The van der Waals surface area contributed by atoms with E-state index < -0.39 is 15.7 Å². The maximum absolute atomic E-state index is 12.2. The van der Waals surface area contributed by atoms with E-state index in [4.69, 9.17) is 11.6 Å². The molecule has 0 aliphatic heterocycles. The number of anilines is 1. The number of nitrogens with zero attached hydrogens (tertiary/aromatic N) is 2. The molecule has 2 aromatic rings. The fourth-order valence-electron chi connectivity index (χ4n) is 1.72. The van der Waals surface area contributed by atoms with Crippen molar-refractivity contribution >= 4 is 43.8 Å². The third-order valence-corrected chi connectivity index (χ3v) is 5.22. The van der Waals surface area contributed by atoms with Gasteiger partial charge in [-0.25, -0.2) is 8.42 Å². The average molecular weight is 360 g/mol. The first-order valence-corrected chi connectivity index (χ1v) is 9.53. The molecule has 1 N–H and O–H groups in total. The number of carbonyl (C=O) groups is 1. The van der Waals surface area contributed by atoms with Crippen molar-refractivity contribution in [2.75, 3.05) is 11.6 Å². The van der Waals surface area contributed by atoms with E-state index in [-0.39, 0.29) is 15.5 Å². The first-order valence-electron chi connectivity index (χ1n) is 6.44. The van der Waals surface area contributed by atoms with Crippen LogP contribution in [0, 0.1) is 0 Å². The van der Waals surface area contributed by atoms with Crippen molar-refractivity contribution in [3.63, 3.8) is 0 Å². The van der Waals surface area contributed by atoms with E-state index in [1.54, 1.807) is 0 Å². The summed E-state index contributed by atoms with van der Waals surface area (Å²) in [6.07, 6.45) is 2.78. The highest BCUT2D eigenvalue weighted by atomic mass is 35.5. The van der Waals surface area contributed by atoms with Crippen LogP contribution in [-0.2, 0) is 16.3 Å². The molecule has 0 aliphatic carbocycles. The van der Waals surface area contributed by atoms with Crippen molar-refractivity contribution in [3.8, 4) is 0 Å². The highest BCUT2D eigenvalue weighted by Gasteiger charge is 2.17. The Morgan fingerprint density at radius 2 is 2.09 bits per heavy atom. The number of rotatable bonds is 5. The number of sulfone groups is 1. The Bertz CT molecular complexity index is 803. The molecule has 0 spiro atoms. The van der Waals surface area contributed by atoms with Crippen LogP contribution in [-0.4, -0.2) is 30.8 Å². The minimum atomic E-state index is -3.50. The first-order chi connectivity index (χ1) is 10.3. The number of benzene rings is 1. The standard InChI is InChI=1S/C13H14ClN3O3S2/c1-3-4-11-16-17-13(21-11)15-12(18)8-5-6-9(14)10(7-8)22(2,19)20/h5-7H,3-4H2,1-2H3,(H,15,17,18). The fraction of sp³-hybridized carbons (Fsp3) is 0.308. The van der Waals surface area contributed by atoms with Gasteiger partial charge in [0.1, 0.15) is 5.01 Å². The summed E-state index contributed by atoms with van der Waals surface area (Å²) in [5.74, 6) is -0.458. The summed E-state index contributed by atoms with van der Waals surface area (Å²) in [6.45, 7) is 2.03. The quantitative estimate of drug-likeness (QED) is 0.886. The third kappa shape index (κ3) is 4.02. The van der Waals surface area contributed by atoms with E-state index in [2.05, 4.69) is 15.5 Å². The molecule has 1 aromatic carbocycles. The highest BCUT2D eigenvalue weighted by Crippen LogP contribution is 2.23. The Kier molecular flexibility index (Phi) is 5.15. The number of aryl methyl sites for hydroxylation is 1. The number of amides is 1. The maximum Gasteiger partial charge on any atom is 0.257 e. The normalized spacial score (nSPS) is 11.4. The smallest absolute Gasteiger partial charge is 0.257 e. The van der Waals surface area contributed by atoms with Crippen LogP contribution in [0.4, 0.5) is 5.13 Å². The number of hydrogen-bond acceptors (Lipinski definition) is 6. The van der Waals surface area contributed by atoms with Crippen LogP contribution in [0.25, 0.3) is 0 Å². The molecule has 1 heterocycles. The third-order valence-electron chi connectivity index (χ3n) is 2.74. The second-order valence-electron chi connectivity index (χ2n) is 4.62. The Morgan fingerprint density at radius 3 is 2.73 bits per heavy atom. The van der Waals surface area contributed by atoms with Gasteiger partial charge in [-0.2, -0.15) is 0 Å². The van der Waals surface area contributed by atoms with Gasteiger partial charge >= 0.3 is 0 Å². The number of nitrogens with one attached hydrogen (secondary N) is 1. The van der Waals surface area contributed by atoms with E-state index in [0.717, 1.165) is 24.1 Å². The summed E-state index contributed by atoms with van der Waals surface area (Å²) in [6, 6.07) is 4.09. The number of aromatic nitrogens is 2. The van der Waals surface area contributed by atoms with Gasteiger partial charge in [0.15, 0.2) is 9.84 Å². The van der Waals surface area contributed by atoms with Crippen LogP contribution in [0.2, 0.25) is 5.02 Å². The van der Waals surface area contributed by atoms with Crippen LogP contribution in [0.3, 0.4) is 0 Å². The predicted octanol–water partition coefficient (Wildman–Crippen LogP) is 2.80. The van der Waals surface area contributed by atoms with Crippen molar-refractivity contribution < 1.29 is 13.2 Å². The molecule has 22 heavy (non-hydrogen) atoms. The molecule has 0 saturated carbocycles. The summed E-state index contributed by atoms with van der Waals surface area (Å²) >= 11 is 7.15. The molecule has 0 aliphatic rings. The van der Waals surface area contributed by atoms with Gasteiger partial charge in [-0.05, 0) is 24.6 Å². The fourth-order valence-corrected chi connectivity index (χ4v) is 3.85. The predicted molar refractivity (Wildman–Crippen MR) is 86.4 cm³/mol. The summed E-state index contributed by atoms with van der Waals surface area (Å²) in [7, 11) is -3.50. The maximum atomic E-state index is 12.2. The van der Waals surface area contributed by atoms with Crippen LogP contribution in [0.5, 0.6) is 0 Å². The number of halogens is 1. The molecule has 0 bridgehead atoms. The molecule has 1 amide bonds. The van der Waals surface area contributed by atoms with E-state index in [1.165, 1.54) is 29.5 Å². The Hall–Kier alpha value is -1.51. The molecule has 0 atom stereocenters. The molecular weight excluding hydrogens is 346 g/mol. The molecule has 9 heteroatoms. The Morgan fingerprint density at radius 1 is 1.36 bits per heavy atom. The Balaban J connectivity index is 2.22. The zero-order chi connectivity index (χ0) is 16.3. The number of hydrogen-bond donors (Lipinski definition) is 1. The molecule has 1 aromatic heterocycles. The van der Waals surface area contributed by atoms with Crippen LogP contribution in [0.1, 0.15) is 28.7 Å². The molecule has 118 valence electrons. The van der Waals surface area contributed by atoms with Crippen LogP contribution in [0.15, 0.2) is 23.1 Å². The van der Waals surface area contributed by atoms with Crippen molar-refractivity contribution in [1.29, 1.82) is 0 Å². The molecular formula is C13H14ClN3O3S2. The molecule has 6 nitrogen and oxygen atoms in total. The lowest BCUT2D eigenvalue weighted by Gasteiger charge is -2.05. The SMILES string of the molecule is CCCc1nnc(NC(=O)c2ccc(Cl)c(S(C)(=O)=O)c2)s1. The van der Waals surface area contributed by atoms with Gasteiger partial charge in [0.25, 0.3) is 5.91 Å². The van der Waals surface area contributed by atoms with E-state index in [9.17, 15) is 13.2 Å². The zero-order valence-electron chi connectivity index (χ0n) is 12.0. The highest BCUT2D eigenvalue weighted by molar-refractivity contribution is 7.90. The van der Waals surface area contributed by atoms with Crippen molar-refractivity contribution in [1.82, 2.24) is 10.2 Å². The second kappa shape index (κ2) is 6.72. The molecule has 0 radical (unpaired) electrons. The molecule has 0 fully saturated rings. The van der Waals surface area contributed by atoms with Crippen molar-refractivity contribution in [3.05, 3.63) is 33.8 Å². The number of carbonyl (C=O) groups excluding carboxylic acids is 1. The largest absolute Gasteiger partial charge is 0.296 e. The minimum absolute atomic E-state index is 0.0780. The molecule has 0 unspecified atom stereocenters. The molecule has 0 saturated heterocycles. The lowest BCUT2D eigenvalue weighted by Crippen LogP contribution is -2.12. The lowest BCUT2D eigenvalue weighted by atomic mass is 10.2. The summed E-state index contributed by atoms with van der Waals surface area (Å²) in [4.78, 5) is 12.1.